The number of hydrogen-bond acceptors (Lipinski definition) is 4. The van der Waals surface area contributed by atoms with Gasteiger partial charge in [-0.1, -0.05) is 24.4 Å². The molecule has 19 heavy (non-hydrogen) atoms. The molecular weight excluding hydrogens is 284 g/mol. The van der Waals surface area contributed by atoms with Gasteiger partial charge in [-0.25, -0.2) is 9.78 Å². The van der Waals surface area contributed by atoms with Crippen molar-refractivity contribution in [3.63, 3.8) is 0 Å². The van der Waals surface area contributed by atoms with Gasteiger partial charge in [0.2, 0.25) is 0 Å². The van der Waals surface area contributed by atoms with Crippen LogP contribution in [0.5, 0.6) is 0 Å². The Balaban J connectivity index is 2.15. The second kappa shape index (κ2) is 6.48. The van der Waals surface area contributed by atoms with E-state index in [4.69, 9.17) is 16.7 Å². The van der Waals surface area contributed by atoms with Gasteiger partial charge in [-0.05, 0) is 31.2 Å². The molecule has 6 heteroatoms. The van der Waals surface area contributed by atoms with Crippen LogP contribution in [-0.2, 0) is 0 Å². The smallest absolute Gasteiger partial charge is 0.335 e. The molecule has 1 aliphatic rings. The van der Waals surface area contributed by atoms with E-state index in [2.05, 4.69) is 16.6 Å². The number of carbonyl (C=O) groups is 1. The molecule has 1 aliphatic carbocycles. The highest BCUT2D eigenvalue weighted by Crippen LogP contribution is 2.29. The number of pyridine rings is 1. The fourth-order valence-electron chi connectivity index (χ4n) is 2.43. The van der Waals surface area contributed by atoms with Gasteiger partial charge in [-0.3, -0.25) is 0 Å². The van der Waals surface area contributed by atoms with Gasteiger partial charge < -0.3 is 10.4 Å². The molecule has 1 aromatic heterocycles. The Morgan fingerprint density at radius 1 is 1.47 bits per heavy atom. The van der Waals surface area contributed by atoms with E-state index >= 15 is 0 Å². The lowest BCUT2D eigenvalue weighted by Gasteiger charge is -2.31. The highest BCUT2D eigenvalue weighted by molar-refractivity contribution is 7.99. The molecule has 0 saturated heterocycles. The van der Waals surface area contributed by atoms with Crippen molar-refractivity contribution in [2.45, 2.75) is 37.0 Å². The van der Waals surface area contributed by atoms with Crippen LogP contribution in [0.2, 0.25) is 5.15 Å². The largest absolute Gasteiger partial charge is 0.478 e. The standard InChI is InChI=1S/C13H17ClN2O2S/c1-19-10-5-3-2-4-9(10)15-12-7-8(13(17)18)6-11(14)16-12/h6-7,9-10H,2-5H2,1H3,(H,15,16)(H,17,18). The van der Waals surface area contributed by atoms with Crippen molar-refractivity contribution >= 4 is 35.1 Å². The molecule has 2 unspecified atom stereocenters. The summed E-state index contributed by atoms with van der Waals surface area (Å²) in [5.41, 5.74) is 0.166. The highest BCUT2D eigenvalue weighted by atomic mass is 35.5. The molecule has 0 radical (unpaired) electrons. The Hall–Kier alpha value is -0.940. The van der Waals surface area contributed by atoms with E-state index in [1.165, 1.54) is 25.3 Å². The van der Waals surface area contributed by atoms with Crippen LogP contribution in [0, 0.1) is 0 Å². The maximum atomic E-state index is 11.0. The summed E-state index contributed by atoms with van der Waals surface area (Å²) in [6.45, 7) is 0. The van der Waals surface area contributed by atoms with E-state index in [9.17, 15) is 4.79 Å². The average molecular weight is 301 g/mol. The average Bonchev–Trinajstić information content (AvgIpc) is 2.38. The van der Waals surface area contributed by atoms with Gasteiger partial charge in [0, 0.05) is 11.3 Å². The fourth-order valence-corrected chi connectivity index (χ4v) is 3.57. The van der Waals surface area contributed by atoms with E-state index in [1.807, 2.05) is 11.8 Å². The van der Waals surface area contributed by atoms with Crippen molar-refractivity contribution in [3.8, 4) is 0 Å². The normalized spacial score (nSPS) is 23.1. The number of nitrogens with one attached hydrogen (secondary N) is 1. The van der Waals surface area contributed by atoms with Crippen LogP contribution in [-0.4, -0.2) is 33.6 Å². The van der Waals surface area contributed by atoms with Crippen LogP contribution in [0.25, 0.3) is 0 Å². The molecular formula is C13H17ClN2O2S. The Bertz CT molecular complexity index is 470. The van der Waals surface area contributed by atoms with E-state index in [1.54, 1.807) is 6.07 Å². The number of thioether (sulfide) groups is 1. The summed E-state index contributed by atoms with van der Waals surface area (Å²) in [5, 5.41) is 13.1. The third-order valence-corrected chi connectivity index (χ3v) is 4.74. The number of carboxylic acids is 1. The first-order chi connectivity index (χ1) is 9.10. The number of aromatic carboxylic acids is 1. The van der Waals surface area contributed by atoms with Crippen LogP contribution < -0.4 is 5.32 Å². The Morgan fingerprint density at radius 2 is 2.21 bits per heavy atom. The lowest BCUT2D eigenvalue weighted by atomic mass is 9.95. The minimum Gasteiger partial charge on any atom is -0.478 e. The summed E-state index contributed by atoms with van der Waals surface area (Å²) in [6, 6.07) is 3.23. The summed E-state index contributed by atoms with van der Waals surface area (Å²) in [7, 11) is 0. The molecule has 2 N–H and O–H groups in total. The summed E-state index contributed by atoms with van der Waals surface area (Å²) in [6.07, 6.45) is 6.83. The molecule has 2 atom stereocenters. The third-order valence-electron chi connectivity index (χ3n) is 3.38. The first-order valence-corrected chi connectivity index (χ1v) is 7.97. The molecule has 1 aromatic rings. The van der Waals surface area contributed by atoms with Crippen molar-refractivity contribution in [3.05, 3.63) is 22.8 Å². The van der Waals surface area contributed by atoms with E-state index in [0.717, 1.165) is 6.42 Å². The molecule has 1 heterocycles. The third kappa shape index (κ3) is 3.76. The topological polar surface area (TPSA) is 62.2 Å². The van der Waals surface area contributed by atoms with E-state index in [0.29, 0.717) is 17.1 Å². The summed E-state index contributed by atoms with van der Waals surface area (Å²) in [5.74, 6) is -0.437. The molecule has 104 valence electrons. The van der Waals surface area contributed by atoms with Crippen LogP contribution in [0.15, 0.2) is 12.1 Å². The molecule has 0 spiro atoms. The van der Waals surface area contributed by atoms with Crippen molar-refractivity contribution in [2.24, 2.45) is 0 Å². The van der Waals surface area contributed by atoms with Gasteiger partial charge >= 0.3 is 5.97 Å². The van der Waals surface area contributed by atoms with Gasteiger partial charge in [-0.15, -0.1) is 0 Å². The van der Waals surface area contributed by atoms with Crippen molar-refractivity contribution in [1.29, 1.82) is 0 Å². The number of rotatable bonds is 4. The zero-order valence-electron chi connectivity index (χ0n) is 10.7. The molecule has 0 aliphatic heterocycles. The molecule has 2 rings (SSSR count). The molecule has 0 aromatic carbocycles. The first kappa shape index (κ1) is 14.5. The number of halogens is 1. The number of anilines is 1. The van der Waals surface area contributed by atoms with Crippen molar-refractivity contribution in [2.75, 3.05) is 11.6 Å². The monoisotopic (exact) mass is 300 g/mol. The summed E-state index contributed by atoms with van der Waals surface area (Å²) >= 11 is 7.71. The van der Waals surface area contributed by atoms with Gasteiger partial charge in [0.1, 0.15) is 11.0 Å². The minimum atomic E-state index is -0.989. The fraction of sp³-hybridized carbons (Fsp3) is 0.538. The highest BCUT2D eigenvalue weighted by Gasteiger charge is 2.24. The predicted octanol–water partition coefficient (Wildman–Crippen LogP) is 3.52. The van der Waals surface area contributed by atoms with Crippen LogP contribution >= 0.6 is 23.4 Å². The molecule has 1 saturated carbocycles. The van der Waals surface area contributed by atoms with Gasteiger partial charge in [0.15, 0.2) is 0 Å². The lowest BCUT2D eigenvalue weighted by molar-refractivity contribution is 0.0697. The number of carboxylic acid groups (broad SMARTS) is 1. The maximum Gasteiger partial charge on any atom is 0.335 e. The Morgan fingerprint density at radius 3 is 2.89 bits per heavy atom. The van der Waals surface area contributed by atoms with Crippen molar-refractivity contribution < 1.29 is 9.90 Å². The second-order valence-corrected chi connectivity index (χ2v) is 6.14. The Labute approximate surface area is 121 Å². The molecule has 4 nitrogen and oxygen atoms in total. The minimum absolute atomic E-state index is 0.166. The number of nitrogens with zero attached hydrogens (tertiary/aromatic N) is 1. The molecule has 1 fully saturated rings. The number of hydrogen-bond donors (Lipinski definition) is 2. The van der Waals surface area contributed by atoms with E-state index in [-0.39, 0.29) is 10.7 Å². The summed E-state index contributed by atoms with van der Waals surface area (Å²) in [4.78, 5) is 15.2. The van der Waals surface area contributed by atoms with Crippen LogP contribution in [0.4, 0.5) is 5.82 Å². The van der Waals surface area contributed by atoms with Gasteiger partial charge in [0.25, 0.3) is 0 Å². The zero-order chi connectivity index (χ0) is 13.8. The van der Waals surface area contributed by atoms with Gasteiger partial charge in [0.05, 0.1) is 5.56 Å². The van der Waals surface area contributed by atoms with E-state index < -0.39 is 5.97 Å². The summed E-state index contributed by atoms with van der Waals surface area (Å²) < 4.78 is 0. The van der Waals surface area contributed by atoms with Crippen molar-refractivity contribution in [1.82, 2.24) is 4.98 Å². The SMILES string of the molecule is CSC1CCCCC1Nc1cc(C(=O)O)cc(Cl)n1. The van der Waals surface area contributed by atoms with Gasteiger partial charge in [-0.2, -0.15) is 11.8 Å². The van der Waals surface area contributed by atoms with Crippen LogP contribution in [0.3, 0.4) is 0 Å². The number of aromatic nitrogens is 1. The second-order valence-electron chi connectivity index (χ2n) is 4.68. The maximum absolute atomic E-state index is 11.0. The molecule has 0 amide bonds. The predicted molar refractivity (Wildman–Crippen MR) is 79.4 cm³/mol. The molecule has 0 bridgehead atoms. The zero-order valence-corrected chi connectivity index (χ0v) is 12.3. The quantitative estimate of drug-likeness (QED) is 0.833. The lowest BCUT2D eigenvalue weighted by Crippen LogP contribution is -2.34. The Kier molecular flexibility index (Phi) is 4.93. The first-order valence-electron chi connectivity index (χ1n) is 6.30. The van der Waals surface area contributed by atoms with Crippen LogP contribution in [0.1, 0.15) is 36.0 Å².